The Balaban J connectivity index is 2.48. The van der Waals surface area contributed by atoms with Gasteiger partial charge in [-0.25, -0.2) is 9.97 Å². The highest BCUT2D eigenvalue weighted by molar-refractivity contribution is 6.30. The number of aromatic nitrogens is 2. The minimum absolute atomic E-state index is 0.141. The van der Waals surface area contributed by atoms with Gasteiger partial charge in [0.05, 0.1) is 0 Å². The molecular formula is C18H29ClF3N3. The highest BCUT2D eigenvalue weighted by Crippen LogP contribution is 2.33. The number of nitrogens with zero attached hydrogens (tertiary/aromatic N) is 2. The fourth-order valence-corrected chi connectivity index (χ4v) is 3.19. The molecule has 0 fully saturated rings. The summed E-state index contributed by atoms with van der Waals surface area (Å²) in [5.74, 6) is 1.11. The van der Waals surface area contributed by atoms with Crippen molar-refractivity contribution in [3.8, 4) is 0 Å². The number of rotatable bonds is 11. The van der Waals surface area contributed by atoms with Crippen LogP contribution in [0.4, 0.5) is 19.1 Å². The second-order valence-corrected chi connectivity index (χ2v) is 6.98. The fourth-order valence-electron chi connectivity index (χ4n) is 2.96. The molecule has 25 heavy (non-hydrogen) atoms. The summed E-state index contributed by atoms with van der Waals surface area (Å²) >= 11 is 5.62. The molecule has 1 N–H and O–H groups in total. The van der Waals surface area contributed by atoms with E-state index in [1.807, 2.05) is 0 Å². The summed E-state index contributed by atoms with van der Waals surface area (Å²) in [5, 5.41) is 2.45. The van der Waals surface area contributed by atoms with Gasteiger partial charge in [0.15, 0.2) is 0 Å². The second kappa shape index (κ2) is 10.8. The molecular weight excluding hydrogens is 351 g/mol. The number of hydrogen-bond donors (Lipinski definition) is 1. The van der Waals surface area contributed by atoms with Crippen molar-refractivity contribution in [2.75, 3.05) is 11.9 Å². The summed E-state index contributed by atoms with van der Waals surface area (Å²) in [4.78, 5) is 7.45. The van der Waals surface area contributed by atoms with E-state index in [0.717, 1.165) is 12.6 Å². The molecule has 0 aromatic carbocycles. The molecule has 0 spiro atoms. The van der Waals surface area contributed by atoms with Gasteiger partial charge in [-0.1, -0.05) is 77.3 Å². The number of anilines is 1. The molecule has 0 aliphatic rings. The Kier molecular flexibility index (Phi) is 9.54. The minimum Gasteiger partial charge on any atom is -0.354 e. The van der Waals surface area contributed by atoms with E-state index in [9.17, 15) is 13.2 Å². The Labute approximate surface area is 153 Å². The number of unbranched alkanes of at least 4 members (excludes halogenated alkanes) is 4. The van der Waals surface area contributed by atoms with Gasteiger partial charge < -0.3 is 5.32 Å². The van der Waals surface area contributed by atoms with Crippen LogP contribution in [0, 0.1) is 11.8 Å². The maximum absolute atomic E-state index is 12.7. The molecule has 0 amide bonds. The van der Waals surface area contributed by atoms with Crippen LogP contribution in [0.25, 0.3) is 0 Å². The fraction of sp³-hybridized carbons (Fsp3) is 0.778. The quantitative estimate of drug-likeness (QED) is 0.348. The molecule has 3 nitrogen and oxygen atoms in total. The summed E-state index contributed by atoms with van der Waals surface area (Å²) in [6.07, 6.45) is 4.78. The van der Waals surface area contributed by atoms with Crippen molar-refractivity contribution in [2.24, 2.45) is 11.8 Å². The number of nitrogens with one attached hydrogen (secondary N) is 1. The Morgan fingerprint density at radius 1 is 1.16 bits per heavy atom. The molecule has 0 bridgehead atoms. The average molecular weight is 380 g/mol. The Morgan fingerprint density at radius 2 is 1.84 bits per heavy atom. The molecule has 0 aliphatic heterocycles. The first-order chi connectivity index (χ1) is 11.8. The zero-order chi connectivity index (χ0) is 18.9. The SMILES string of the molecule is CCCCCCCC(CC)C(C)CNc1ncc(C(F)(F)F)c(Cl)n1. The molecule has 1 rings (SSSR count). The number of hydrogen-bond acceptors (Lipinski definition) is 3. The van der Waals surface area contributed by atoms with Gasteiger partial charge in [-0.2, -0.15) is 13.2 Å². The second-order valence-electron chi connectivity index (χ2n) is 6.63. The highest BCUT2D eigenvalue weighted by atomic mass is 35.5. The lowest BCUT2D eigenvalue weighted by atomic mass is 9.86. The van der Waals surface area contributed by atoms with E-state index in [1.165, 1.54) is 38.5 Å². The van der Waals surface area contributed by atoms with Crippen molar-refractivity contribution < 1.29 is 13.2 Å². The molecule has 2 atom stereocenters. The Bertz CT molecular complexity index is 509. The predicted octanol–water partition coefficient (Wildman–Crippen LogP) is 6.58. The molecule has 0 saturated carbocycles. The minimum atomic E-state index is -4.53. The van der Waals surface area contributed by atoms with Crippen molar-refractivity contribution in [3.05, 3.63) is 16.9 Å². The van der Waals surface area contributed by atoms with Gasteiger partial charge in [-0.3, -0.25) is 0 Å². The van der Waals surface area contributed by atoms with Crippen LogP contribution in [0.5, 0.6) is 0 Å². The summed E-state index contributed by atoms with van der Waals surface area (Å²) in [6, 6.07) is 0. The normalized spacial score (nSPS) is 14.4. The van der Waals surface area contributed by atoms with Crippen LogP contribution in [0.2, 0.25) is 5.15 Å². The van der Waals surface area contributed by atoms with Crippen LogP contribution in [-0.2, 0) is 6.18 Å². The average Bonchev–Trinajstić information content (AvgIpc) is 2.55. The van der Waals surface area contributed by atoms with E-state index >= 15 is 0 Å². The lowest BCUT2D eigenvalue weighted by Gasteiger charge is -2.23. The molecule has 0 aliphatic carbocycles. The summed E-state index contributed by atoms with van der Waals surface area (Å²) < 4.78 is 38.0. The smallest absolute Gasteiger partial charge is 0.354 e. The lowest BCUT2D eigenvalue weighted by Crippen LogP contribution is -2.21. The molecule has 144 valence electrons. The highest BCUT2D eigenvalue weighted by Gasteiger charge is 2.34. The van der Waals surface area contributed by atoms with E-state index in [0.29, 0.717) is 18.4 Å². The number of halogens is 4. The molecule has 1 aromatic rings. The van der Waals surface area contributed by atoms with Gasteiger partial charge in [0, 0.05) is 12.7 Å². The topological polar surface area (TPSA) is 37.8 Å². The van der Waals surface area contributed by atoms with Gasteiger partial charge in [0.2, 0.25) is 5.95 Å². The predicted molar refractivity (Wildman–Crippen MR) is 96.9 cm³/mol. The van der Waals surface area contributed by atoms with Crippen molar-refractivity contribution in [2.45, 2.75) is 71.9 Å². The zero-order valence-corrected chi connectivity index (χ0v) is 16.1. The Hall–Kier alpha value is -1.04. The van der Waals surface area contributed by atoms with Crippen LogP contribution in [0.15, 0.2) is 6.20 Å². The third kappa shape index (κ3) is 7.80. The van der Waals surface area contributed by atoms with Crippen molar-refractivity contribution >= 4 is 17.5 Å². The van der Waals surface area contributed by atoms with E-state index in [2.05, 4.69) is 36.1 Å². The lowest BCUT2D eigenvalue weighted by molar-refractivity contribution is -0.137. The molecule has 0 saturated heterocycles. The summed E-state index contributed by atoms with van der Waals surface area (Å²) in [6.45, 7) is 7.16. The molecule has 0 radical (unpaired) electrons. The standard InChI is InChI=1S/C18H29ClF3N3/c1-4-6-7-8-9-10-14(5-2)13(3)11-23-17-24-12-15(16(19)25-17)18(20,21)22/h12-14H,4-11H2,1-3H3,(H,23,24,25). The monoisotopic (exact) mass is 379 g/mol. The van der Waals surface area contributed by atoms with E-state index < -0.39 is 16.9 Å². The third-order valence-corrected chi connectivity index (χ3v) is 4.93. The molecule has 1 heterocycles. The largest absolute Gasteiger partial charge is 0.420 e. The van der Waals surface area contributed by atoms with Crippen LogP contribution in [0.1, 0.15) is 71.3 Å². The summed E-state index contributed by atoms with van der Waals surface area (Å²) in [7, 11) is 0. The van der Waals surface area contributed by atoms with Crippen molar-refractivity contribution in [1.29, 1.82) is 0 Å². The number of alkyl halides is 3. The molecule has 2 unspecified atom stereocenters. The van der Waals surface area contributed by atoms with Gasteiger partial charge in [-0.05, 0) is 11.8 Å². The maximum Gasteiger partial charge on any atom is 0.420 e. The first-order valence-electron chi connectivity index (χ1n) is 9.13. The van der Waals surface area contributed by atoms with E-state index in [4.69, 9.17) is 11.6 Å². The Morgan fingerprint density at radius 3 is 2.40 bits per heavy atom. The maximum atomic E-state index is 12.7. The third-order valence-electron chi connectivity index (χ3n) is 4.64. The van der Waals surface area contributed by atoms with E-state index in [-0.39, 0.29) is 5.95 Å². The van der Waals surface area contributed by atoms with Crippen molar-refractivity contribution in [3.63, 3.8) is 0 Å². The first kappa shape index (κ1) is 22.0. The van der Waals surface area contributed by atoms with Crippen LogP contribution in [-0.4, -0.2) is 16.5 Å². The van der Waals surface area contributed by atoms with Crippen LogP contribution >= 0.6 is 11.6 Å². The van der Waals surface area contributed by atoms with Gasteiger partial charge in [0.25, 0.3) is 0 Å². The molecule has 1 aromatic heterocycles. The van der Waals surface area contributed by atoms with Gasteiger partial charge in [0.1, 0.15) is 10.7 Å². The zero-order valence-electron chi connectivity index (χ0n) is 15.3. The van der Waals surface area contributed by atoms with Gasteiger partial charge in [-0.15, -0.1) is 0 Å². The van der Waals surface area contributed by atoms with E-state index in [1.54, 1.807) is 0 Å². The van der Waals surface area contributed by atoms with Crippen molar-refractivity contribution in [1.82, 2.24) is 9.97 Å². The summed E-state index contributed by atoms with van der Waals surface area (Å²) in [5.41, 5.74) is -1.01. The molecule has 7 heteroatoms. The first-order valence-corrected chi connectivity index (χ1v) is 9.50. The van der Waals surface area contributed by atoms with Crippen LogP contribution in [0.3, 0.4) is 0 Å². The van der Waals surface area contributed by atoms with Gasteiger partial charge >= 0.3 is 6.18 Å². The van der Waals surface area contributed by atoms with Crippen LogP contribution < -0.4 is 5.32 Å².